The summed E-state index contributed by atoms with van der Waals surface area (Å²) in [6, 6.07) is 17.7. The Morgan fingerprint density at radius 2 is 1.88 bits per heavy atom. The van der Waals surface area contributed by atoms with Crippen molar-refractivity contribution in [3.05, 3.63) is 88.5 Å². The van der Waals surface area contributed by atoms with Gasteiger partial charge in [-0.2, -0.15) is 5.10 Å². The molecule has 0 aliphatic rings. The number of amides is 1. The molecule has 176 valence electrons. The Labute approximate surface area is 199 Å². The maximum absolute atomic E-state index is 13.0. The fourth-order valence-corrected chi connectivity index (χ4v) is 3.81. The van der Waals surface area contributed by atoms with Crippen LogP contribution in [-0.2, 0) is 17.9 Å². The summed E-state index contributed by atoms with van der Waals surface area (Å²) in [5, 5.41) is 7.46. The summed E-state index contributed by atoms with van der Waals surface area (Å²) in [5.74, 6) is 1.12. The van der Waals surface area contributed by atoms with E-state index in [9.17, 15) is 9.59 Å². The highest BCUT2D eigenvalue weighted by atomic mass is 16.5. The lowest BCUT2D eigenvalue weighted by molar-refractivity contribution is -0.121. The second-order valence-electron chi connectivity index (χ2n) is 8.54. The molecule has 0 aliphatic carbocycles. The number of carbonyl (C=O) groups excluding carboxylic acids is 1. The van der Waals surface area contributed by atoms with Crippen LogP contribution < -0.4 is 15.6 Å². The van der Waals surface area contributed by atoms with Gasteiger partial charge >= 0.3 is 0 Å². The number of aromatic nitrogens is 3. The highest BCUT2D eigenvalue weighted by molar-refractivity contribution is 5.75. The molecule has 0 saturated carbocycles. The van der Waals surface area contributed by atoms with Crippen LogP contribution in [0.5, 0.6) is 5.75 Å². The quantitative estimate of drug-likeness (QED) is 0.404. The van der Waals surface area contributed by atoms with Gasteiger partial charge in [-0.05, 0) is 42.2 Å². The maximum atomic E-state index is 13.0. The Bertz CT molecular complexity index is 1340. The van der Waals surface area contributed by atoms with Crippen LogP contribution in [0.25, 0.3) is 16.8 Å². The van der Waals surface area contributed by atoms with E-state index >= 15 is 0 Å². The third-order valence-electron chi connectivity index (χ3n) is 5.76. The Morgan fingerprint density at radius 1 is 1.09 bits per heavy atom. The van der Waals surface area contributed by atoms with Crippen molar-refractivity contribution >= 4 is 11.4 Å². The summed E-state index contributed by atoms with van der Waals surface area (Å²) in [7, 11) is 0. The maximum Gasteiger partial charge on any atom is 0.276 e. The summed E-state index contributed by atoms with van der Waals surface area (Å²) in [5.41, 5.74) is 4.25. The molecule has 2 aromatic carbocycles. The molecular weight excluding hydrogens is 428 g/mol. The third-order valence-corrected chi connectivity index (χ3v) is 5.76. The number of hydrogen-bond acceptors (Lipinski definition) is 4. The Kier molecular flexibility index (Phi) is 7.11. The first-order valence-corrected chi connectivity index (χ1v) is 11.6. The van der Waals surface area contributed by atoms with E-state index in [0.717, 1.165) is 22.6 Å². The van der Waals surface area contributed by atoms with Gasteiger partial charge in [0.1, 0.15) is 11.3 Å². The average Bonchev–Trinajstić information content (AvgIpc) is 3.28. The van der Waals surface area contributed by atoms with Crippen LogP contribution >= 0.6 is 0 Å². The molecule has 4 aromatic rings. The van der Waals surface area contributed by atoms with Crippen molar-refractivity contribution < 1.29 is 9.53 Å². The van der Waals surface area contributed by atoms with E-state index in [2.05, 4.69) is 36.4 Å². The highest BCUT2D eigenvalue weighted by Crippen LogP contribution is 2.22. The van der Waals surface area contributed by atoms with Gasteiger partial charge in [0.15, 0.2) is 0 Å². The Morgan fingerprint density at radius 3 is 2.62 bits per heavy atom. The summed E-state index contributed by atoms with van der Waals surface area (Å²) in [4.78, 5) is 25.3. The van der Waals surface area contributed by atoms with Crippen LogP contribution in [0, 0.1) is 0 Å². The number of ether oxygens (including phenoxy) is 1. The molecule has 1 N–H and O–H groups in total. The van der Waals surface area contributed by atoms with Gasteiger partial charge in [0, 0.05) is 37.5 Å². The smallest absolute Gasteiger partial charge is 0.276 e. The standard InChI is InChI=1S/C27H30N4O3/c1-4-34-23-7-5-6-20(16-23)18-28-26(32)12-13-30-14-15-31-25(27(30)33)17-24(29-31)22-10-8-21(9-11-22)19(2)3/h5-11,14-17,19H,4,12-13,18H2,1-3H3,(H,28,32). The summed E-state index contributed by atoms with van der Waals surface area (Å²) in [6.45, 7) is 7.55. The van der Waals surface area contributed by atoms with Crippen molar-refractivity contribution in [2.45, 2.75) is 46.2 Å². The van der Waals surface area contributed by atoms with Crippen molar-refractivity contribution in [1.82, 2.24) is 19.5 Å². The second kappa shape index (κ2) is 10.4. The van der Waals surface area contributed by atoms with Gasteiger partial charge in [-0.15, -0.1) is 0 Å². The molecule has 34 heavy (non-hydrogen) atoms. The van der Waals surface area contributed by atoms with Crippen LogP contribution in [0.15, 0.2) is 71.8 Å². The SMILES string of the molecule is CCOc1cccc(CNC(=O)CCn2ccn3nc(-c4ccc(C(C)C)cc4)cc3c2=O)c1. The molecular formula is C27H30N4O3. The fraction of sp³-hybridized carbons (Fsp3) is 0.296. The van der Waals surface area contributed by atoms with E-state index in [0.29, 0.717) is 31.1 Å². The highest BCUT2D eigenvalue weighted by Gasteiger charge is 2.11. The van der Waals surface area contributed by atoms with Crippen molar-refractivity contribution in [3.63, 3.8) is 0 Å². The first-order chi connectivity index (χ1) is 16.4. The van der Waals surface area contributed by atoms with Crippen LogP contribution in [0.2, 0.25) is 0 Å². The van der Waals surface area contributed by atoms with E-state index in [1.54, 1.807) is 27.5 Å². The average molecular weight is 459 g/mol. The molecule has 0 radical (unpaired) electrons. The topological polar surface area (TPSA) is 77.6 Å². The molecule has 2 aromatic heterocycles. The first kappa shape index (κ1) is 23.3. The van der Waals surface area contributed by atoms with Gasteiger partial charge in [-0.1, -0.05) is 50.2 Å². The number of fused-ring (bicyclic) bond motifs is 1. The normalized spacial score (nSPS) is 11.2. The van der Waals surface area contributed by atoms with Gasteiger partial charge in [-0.25, -0.2) is 4.52 Å². The van der Waals surface area contributed by atoms with Crippen LogP contribution in [-0.4, -0.2) is 26.7 Å². The summed E-state index contributed by atoms with van der Waals surface area (Å²) < 4.78 is 8.64. The number of nitrogens with zero attached hydrogens (tertiary/aromatic N) is 3. The number of nitrogens with one attached hydrogen (secondary N) is 1. The summed E-state index contributed by atoms with van der Waals surface area (Å²) >= 11 is 0. The van der Waals surface area contributed by atoms with Crippen LogP contribution in [0.1, 0.15) is 44.2 Å². The molecule has 0 atom stereocenters. The molecule has 0 aliphatic heterocycles. The lowest BCUT2D eigenvalue weighted by Gasteiger charge is -2.09. The third kappa shape index (κ3) is 5.36. The van der Waals surface area contributed by atoms with E-state index in [4.69, 9.17) is 4.74 Å². The van der Waals surface area contributed by atoms with Gasteiger partial charge < -0.3 is 14.6 Å². The van der Waals surface area contributed by atoms with Crippen LogP contribution in [0.4, 0.5) is 0 Å². The van der Waals surface area contributed by atoms with Crippen molar-refractivity contribution in [2.24, 2.45) is 0 Å². The Balaban J connectivity index is 1.40. The monoisotopic (exact) mass is 458 g/mol. The molecule has 1 amide bonds. The number of benzene rings is 2. The molecule has 0 fully saturated rings. The molecule has 0 unspecified atom stereocenters. The number of carbonyl (C=O) groups is 1. The van der Waals surface area contributed by atoms with E-state index < -0.39 is 0 Å². The zero-order chi connectivity index (χ0) is 24.1. The fourth-order valence-electron chi connectivity index (χ4n) is 3.81. The number of aryl methyl sites for hydroxylation is 1. The Hall–Kier alpha value is -3.87. The van der Waals surface area contributed by atoms with E-state index in [1.807, 2.05) is 43.3 Å². The lowest BCUT2D eigenvalue weighted by Crippen LogP contribution is -2.27. The van der Waals surface area contributed by atoms with Crippen molar-refractivity contribution in [2.75, 3.05) is 6.61 Å². The second-order valence-corrected chi connectivity index (χ2v) is 8.54. The van der Waals surface area contributed by atoms with Gasteiger partial charge in [0.05, 0.1) is 12.3 Å². The first-order valence-electron chi connectivity index (χ1n) is 11.6. The zero-order valence-electron chi connectivity index (χ0n) is 19.8. The zero-order valence-corrected chi connectivity index (χ0v) is 19.8. The van der Waals surface area contributed by atoms with Gasteiger partial charge in [0.2, 0.25) is 5.91 Å². The lowest BCUT2D eigenvalue weighted by atomic mass is 10.0. The molecule has 0 saturated heterocycles. The molecule has 0 bridgehead atoms. The molecule has 2 heterocycles. The minimum atomic E-state index is -0.169. The van der Waals surface area contributed by atoms with Crippen molar-refractivity contribution in [1.29, 1.82) is 0 Å². The molecule has 0 spiro atoms. The minimum Gasteiger partial charge on any atom is -0.494 e. The van der Waals surface area contributed by atoms with E-state index in [1.165, 1.54) is 5.56 Å². The minimum absolute atomic E-state index is 0.118. The van der Waals surface area contributed by atoms with Crippen molar-refractivity contribution in [3.8, 4) is 17.0 Å². The summed E-state index contributed by atoms with van der Waals surface area (Å²) in [6.07, 6.45) is 3.63. The molecule has 4 rings (SSSR count). The van der Waals surface area contributed by atoms with Gasteiger partial charge in [0.25, 0.3) is 5.56 Å². The predicted octanol–water partition coefficient (Wildman–Crippen LogP) is 4.39. The predicted molar refractivity (Wildman–Crippen MR) is 133 cm³/mol. The van der Waals surface area contributed by atoms with Gasteiger partial charge in [-0.3, -0.25) is 9.59 Å². The number of hydrogen-bond donors (Lipinski definition) is 1. The molecule has 7 nitrogen and oxygen atoms in total. The van der Waals surface area contributed by atoms with Crippen LogP contribution in [0.3, 0.4) is 0 Å². The largest absolute Gasteiger partial charge is 0.494 e. The van der Waals surface area contributed by atoms with E-state index in [-0.39, 0.29) is 17.9 Å². The number of rotatable bonds is 9. The molecule has 7 heteroatoms.